The number of hydrogen-bond acceptors (Lipinski definition) is 4. The lowest BCUT2D eigenvalue weighted by atomic mass is 10.2. The van der Waals surface area contributed by atoms with Gasteiger partial charge in [0.05, 0.1) is 17.4 Å². The molecule has 0 fully saturated rings. The molecule has 1 unspecified atom stereocenters. The third-order valence-corrected chi connectivity index (χ3v) is 4.41. The fourth-order valence-corrected chi connectivity index (χ4v) is 3.24. The Labute approximate surface area is 115 Å². The van der Waals surface area contributed by atoms with Crippen molar-refractivity contribution >= 4 is 35.0 Å². The number of nitrogen functional groups attached to an aromatic ring is 1. The molecule has 1 aromatic carbocycles. The second kappa shape index (κ2) is 5.52. The molecule has 5 nitrogen and oxygen atoms in total. The van der Waals surface area contributed by atoms with Crippen LogP contribution in [0.15, 0.2) is 23.1 Å². The molecule has 0 aromatic heterocycles. The summed E-state index contributed by atoms with van der Waals surface area (Å²) in [7, 11) is 0. The monoisotopic (exact) mass is 280 g/mol. The van der Waals surface area contributed by atoms with Crippen LogP contribution in [0.25, 0.3) is 0 Å². The Morgan fingerprint density at radius 2 is 2.26 bits per heavy atom. The highest BCUT2D eigenvalue weighted by molar-refractivity contribution is 8.01. The molecule has 6 heteroatoms. The van der Waals surface area contributed by atoms with E-state index >= 15 is 0 Å². The van der Waals surface area contributed by atoms with Crippen LogP contribution in [0.5, 0.6) is 0 Å². The molecule has 0 saturated heterocycles. The second-order valence-electron chi connectivity index (χ2n) is 4.38. The number of carbonyl (C=O) groups is 2. The van der Waals surface area contributed by atoms with E-state index in [2.05, 4.69) is 0 Å². The number of nitrogens with two attached hydrogens (primary N) is 1. The number of benzene rings is 1. The van der Waals surface area contributed by atoms with Gasteiger partial charge in [0.1, 0.15) is 0 Å². The number of rotatable bonds is 4. The first-order valence-electron chi connectivity index (χ1n) is 6.12. The van der Waals surface area contributed by atoms with Crippen molar-refractivity contribution in [3.63, 3.8) is 0 Å². The number of carbonyl (C=O) groups excluding carboxylic acids is 1. The van der Waals surface area contributed by atoms with E-state index in [9.17, 15) is 9.59 Å². The molecular formula is C13H16N2O3S. The second-order valence-corrected chi connectivity index (χ2v) is 5.62. The van der Waals surface area contributed by atoms with Gasteiger partial charge in [-0.1, -0.05) is 6.92 Å². The minimum absolute atomic E-state index is 0.0222. The van der Waals surface area contributed by atoms with E-state index in [0.29, 0.717) is 12.1 Å². The number of fused-ring (bicyclic) bond motifs is 1. The maximum Gasteiger partial charge on any atom is 0.305 e. The highest BCUT2D eigenvalue weighted by Crippen LogP contribution is 2.41. The predicted molar refractivity (Wildman–Crippen MR) is 75.4 cm³/mol. The molecule has 0 saturated carbocycles. The molecule has 1 aliphatic heterocycles. The molecule has 1 aliphatic rings. The smallest absolute Gasteiger partial charge is 0.305 e. The maximum absolute atomic E-state index is 12.3. The average molecular weight is 280 g/mol. The maximum atomic E-state index is 12.3. The Hall–Kier alpha value is -1.69. The summed E-state index contributed by atoms with van der Waals surface area (Å²) in [6.45, 7) is 2.14. The van der Waals surface area contributed by atoms with E-state index in [1.54, 1.807) is 17.0 Å². The lowest BCUT2D eigenvalue weighted by Crippen LogP contribution is -2.41. The third-order valence-electron chi connectivity index (χ3n) is 3.01. The Kier molecular flexibility index (Phi) is 3.99. The topological polar surface area (TPSA) is 83.6 Å². The highest BCUT2D eigenvalue weighted by atomic mass is 32.2. The van der Waals surface area contributed by atoms with Gasteiger partial charge in [-0.3, -0.25) is 9.59 Å². The van der Waals surface area contributed by atoms with E-state index in [4.69, 9.17) is 10.8 Å². The van der Waals surface area contributed by atoms with Crippen molar-refractivity contribution < 1.29 is 14.7 Å². The number of anilines is 2. The number of amides is 1. The Morgan fingerprint density at radius 1 is 1.53 bits per heavy atom. The van der Waals surface area contributed by atoms with Crippen LogP contribution in [0, 0.1) is 0 Å². The van der Waals surface area contributed by atoms with E-state index in [-0.39, 0.29) is 24.1 Å². The summed E-state index contributed by atoms with van der Waals surface area (Å²) in [5, 5.41) is 8.62. The minimum Gasteiger partial charge on any atom is -0.481 e. The lowest BCUT2D eigenvalue weighted by Gasteiger charge is -2.33. The lowest BCUT2D eigenvalue weighted by molar-refractivity contribution is -0.136. The van der Waals surface area contributed by atoms with Gasteiger partial charge in [0.2, 0.25) is 5.91 Å². The third kappa shape index (κ3) is 2.84. The molecule has 2 rings (SSSR count). The van der Waals surface area contributed by atoms with Crippen molar-refractivity contribution in [1.29, 1.82) is 0 Å². The van der Waals surface area contributed by atoms with Crippen LogP contribution in [0.2, 0.25) is 0 Å². The van der Waals surface area contributed by atoms with Crippen LogP contribution in [-0.4, -0.2) is 28.8 Å². The molecule has 3 N–H and O–H groups in total. The fraction of sp³-hybridized carbons (Fsp3) is 0.385. The molecule has 1 heterocycles. The number of carboxylic acid groups (broad SMARTS) is 1. The fourth-order valence-electron chi connectivity index (χ4n) is 2.04. The molecule has 1 amide bonds. The van der Waals surface area contributed by atoms with Crippen molar-refractivity contribution in [2.45, 2.75) is 29.9 Å². The first-order chi connectivity index (χ1) is 9.02. The van der Waals surface area contributed by atoms with Gasteiger partial charge in [-0.05, 0) is 24.6 Å². The zero-order chi connectivity index (χ0) is 14.0. The van der Waals surface area contributed by atoms with Gasteiger partial charge in [-0.25, -0.2) is 0 Å². The zero-order valence-corrected chi connectivity index (χ0v) is 11.4. The van der Waals surface area contributed by atoms with Gasteiger partial charge in [-0.15, -0.1) is 11.8 Å². The summed E-state index contributed by atoms with van der Waals surface area (Å²) in [6, 6.07) is 5.35. The van der Waals surface area contributed by atoms with Crippen molar-refractivity contribution in [2.75, 3.05) is 17.2 Å². The summed E-state index contributed by atoms with van der Waals surface area (Å²) in [5.41, 5.74) is 7.17. The molecule has 19 heavy (non-hydrogen) atoms. The van der Waals surface area contributed by atoms with E-state index in [0.717, 1.165) is 10.6 Å². The summed E-state index contributed by atoms with van der Waals surface area (Å²) < 4.78 is 0. The minimum atomic E-state index is -0.906. The molecule has 0 radical (unpaired) electrons. The molecule has 0 bridgehead atoms. The molecular weight excluding hydrogens is 264 g/mol. The van der Waals surface area contributed by atoms with Gasteiger partial charge >= 0.3 is 5.97 Å². The van der Waals surface area contributed by atoms with Crippen LogP contribution >= 0.6 is 11.8 Å². The SMILES string of the molecule is CCC1Sc2cc(N)ccc2N(CCC(=O)O)C1=O. The first-order valence-corrected chi connectivity index (χ1v) is 7.00. The average Bonchev–Trinajstić information content (AvgIpc) is 2.37. The van der Waals surface area contributed by atoms with Crippen LogP contribution in [0.1, 0.15) is 19.8 Å². The summed E-state index contributed by atoms with van der Waals surface area (Å²) in [5.74, 6) is -0.929. The van der Waals surface area contributed by atoms with E-state index < -0.39 is 5.97 Å². The molecule has 1 aromatic rings. The number of thioether (sulfide) groups is 1. The Morgan fingerprint density at radius 3 is 2.89 bits per heavy atom. The normalized spacial score (nSPS) is 18.3. The highest BCUT2D eigenvalue weighted by Gasteiger charge is 2.32. The Balaban J connectivity index is 2.34. The number of carboxylic acids is 1. The van der Waals surface area contributed by atoms with Crippen molar-refractivity contribution in [2.24, 2.45) is 0 Å². The van der Waals surface area contributed by atoms with E-state index in [1.165, 1.54) is 11.8 Å². The molecule has 102 valence electrons. The van der Waals surface area contributed by atoms with Gasteiger partial charge in [0.25, 0.3) is 0 Å². The molecule has 1 atom stereocenters. The summed E-state index contributed by atoms with van der Waals surface area (Å²) in [6.07, 6.45) is 0.651. The van der Waals surface area contributed by atoms with Gasteiger partial charge in [0, 0.05) is 17.1 Å². The first kappa shape index (κ1) is 13.7. The van der Waals surface area contributed by atoms with Crippen molar-refractivity contribution in [3.8, 4) is 0 Å². The largest absolute Gasteiger partial charge is 0.481 e. The van der Waals surface area contributed by atoms with Crippen LogP contribution in [0.3, 0.4) is 0 Å². The number of hydrogen-bond donors (Lipinski definition) is 2. The zero-order valence-electron chi connectivity index (χ0n) is 10.6. The Bertz CT molecular complexity index is 519. The van der Waals surface area contributed by atoms with Crippen LogP contribution in [0.4, 0.5) is 11.4 Å². The molecule has 0 spiro atoms. The van der Waals surface area contributed by atoms with Crippen LogP contribution < -0.4 is 10.6 Å². The standard InChI is InChI=1S/C13H16N2O3S/c1-2-10-13(18)15(6-5-12(16)17)9-4-3-8(14)7-11(9)19-10/h3-4,7,10H,2,5-6,14H2,1H3,(H,16,17). The van der Waals surface area contributed by atoms with Gasteiger partial charge in [0.15, 0.2) is 0 Å². The van der Waals surface area contributed by atoms with Crippen molar-refractivity contribution in [1.82, 2.24) is 0 Å². The van der Waals surface area contributed by atoms with Gasteiger partial charge in [-0.2, -0.15) is 0 Å². The summed E-state index contributed by atoms with van der Waals surface area (Å²) in [4.78, 5) is 25.5. The quantitative estimate of drug-likeness (QED) is 0.824. The number of aliphatic carboxylic acids is 1. The van der Waals surface area contributed by atoms with Crippen LogP contribution in [-0.2, 0) is 9.59 Å². The predicted octanol–water partition coefficient (Wildman–Crippen LogP) is 1.96. The van der Waals surface area contributed by atoms with Gasteiger partial charge < -0.3 is 15.7 Å². The number of nitrogens with zero attached hydrogens (tertiary/aromatic N) is 1. The molecule has 0 aliphatic carbocycles. The van der Waals surface area contributed by atoms with Crippen molar-refractivity contribution in [3.05, 3.63) is 18.2 Å². The van der Waals surface area contributed by atoms with E-state index in [1.807, 2.05) is 13.0 Å². The summed E-state index contributed by atoms with van der Waals surface area (Å²) >= 11 is 1.50.